The molecule has 4 aliphatic heterocycles. The Balaban J connectivity index is 1.38. The number of hydrogen-bond acceptors (Lipinski definition) is 5. The number of fused-ring (bicyclic) bond motifs is 2. The Labute approximate surface area is 175 Å². The molecule has 30 heavy (non-hydrogen) atoms. The molecule has 1 aromatic carbocycles. The average molecular weight is 403 g/mol. The molecule has 0 spiro atoms. The predicted octanol–water partition coefficient (Wildman–Crippen LogP) is 1.27. The third kappa shape index (κ3) is 2.69. The van der Waals surface area contributed by atoms with Crippen LogP contribution in [0.5, 0.6) is 0 Å². The van der Waals surface area contributed by atoms with Gasteiger partial charge in [0.2, 0.25) is 0 Å². The van der Waals surface area contributed by atoms with Gasteiger partial charge in [0, 0.05) is 69.9 Å². The van der Waals surface area contributed by atoms with Gasteiger partial charge in [-0.1, -0.05) is 30.3 Å². The number of pyridine rings is 1. The quantitative estimate of drug-likeness (QED) is 0.715. The van der Waals surface area contributed by atoms with Crippen LogP contribution in [0.15, 0.2) is 48.8 Å². The maximum Gasteiger partial charge on any atom is 0.253 e. The summed E-state index contributed by atoms with van der Waals surface area (Å²) in [4.78, 5) is 23.0. The standard InChI is InChI=1S/C23H26N6O/c1-27-20-9-16(10-24-19(20)11-25-27)22(30)26-21-17-12-28-7-8-29(13-17)15-23(21,14-28)18-5-3-2-4-6-18/h2-6,9-11,17,21H,7-8,12-15H2,1H3,(H,26,30). The zero-order chi connectivity index (χ0) is 20.3. The predicted molar refractivity (Wildman–Crippen MR) is 114 cm³/mol. The fourth-order valence-electron chi connectivity index (χ4n) is 5.94. The molecular formula is C23H26N6O. The number of piperidine rings is 2. The van der Waals surface area contributed by atoms with Gasteiger partial charge >= 0.3 is 0 Å². The number of benzene rings is 1. The van der Waals surface area contributed by atoms with E-state index < -0.39 is 0 Å². The molecular weight excluding hydrogens is 376 g/mol. The van der Waals surface area contributed by atoms with E-state index in [0.717, 1.165) is 50.3 Å². The molecule has 1 amide bonds. The molecule has 7 heteroatoms. The molecule has 4 fully saturated rings. The van der Waals surface area contributed by atoms with E-state index in [1.54, 1.807) is 17.1 Å². The van der Waals surface area contributed by atoms with Gasteiger partial charge in [-0.25, -0.2) is 0 Å². The number of rotatable bonds is 3. The molecule has 4 aliphatic rings. The molecule has 3 aromatic rings. The van der Waals surface area contributed by atoms with Gasteiger partial charge in [0.25, 0.3) is 5.91 Å². The average Bonchev–Trinajstić information content (AvgIpc) is 2.95. The fraction of sp³-hybridized carbons (Fsp3) is 0.435. The number of carbonyl (C=O) groups excluding carboxylic acids is 1. The van der Waals surface area contributed by atoms with Crippen molar-refractivity contribution in [1.29, 1.82) is 0 Å². The van der Waals surface area contributed by atoms with Crippen molar-refractivity contribution in [2.75, 3.05) is 39.3 Å². The minimum atomic E-state index is -0.0847. The second-order valence-corrected chi connectivity index (χ2v) is 9.10. The first-order valence-electron chi connectivity index (χ1n) is 10.7. The van der Waals surface area contributed by atoms with E-state index in [2.05, 4.69) is 55.5 Å². The Kier molecular flexibility index (Phi) is 3.98. The fourth-order valence-corrected chi connectivity index (χ4v) is 5.94. The summed E-state index contributed by atoms with van der Waals surface area (Å²) in [5.74, 6) is 0.384. The van der Waals surface area contributed by atoms with Crippen LogP contribution in [0.1, 0.15) is 15.9 Å². The Morgan fingerprint density at radius 2 is 1.83 bits per heavy atom. The molecule has 4 saturated heterocycles. The van der Waals surface area contributed by atoms with Crippen LogP contribution in [0.4, 0.5) is 0 Å². The third-order valence-corrected chi connectivity index (χ3v) is 7.29. The van der Waals surface area contributed by atoms with Crippen molar-refractivity contribution in [2.45, 2.75) is 11.5 Å². The van der Waals surface area contributed by atoms with Crippen LogP contribution in [0.2, 0.25) is 0 Å². The highest BCUT2D eigenvalue weighted by Crippen LogP contribution is 2.43. The van der Waals surface area contributed by atoms with Gasteiger partial charge in [-0.05, 0) is 11.6 Å². The van der Waals surface area contributed by atoms with Crippen LogP contribution >= 0.6 is 0 Å². The van der Waals surface area contributed by atoms with Crippen LogP contribution in [0, 0.1) is 5.92 Å². The number of nitrogens with one attached hydrogen (secondary N) is 1. The lowest BCUT2D eigenvalue weighted by atomic mass is 9.64. The first-order chi connectivity index (χ1) is 14.6. The van der Waals surface area contributed by atoms with Crippen LogP contribution in [-0.4, -0.2) is 75.8 Å². The summed E-state index contributed by atoms with van der Waals surface area (Å²) >= 11 is 0. The van der Waals surface area contributed by atoms with Crippen molar-refractivity contribution in [3.63, 3.8) is 0 Å². The Bertz CT molecular complexity index is 1090. The highest BCUT2D eigenvalue weighted by atomic mass is 16.1. The number of carbonyl (C=O) groups is 1. The monoisotopic (exact) mass is 402 g/mol. The van der Waals surface area contributed by atoms with Gasteiger partial charge in [-0.15, -0.1) is 0 Å². The highest BCUT2D eigenvalue weighted by Gasteiger charge is 2.55. The lowest BCUT2D eigenvalue weighted by Crippen LogP contribution is -2.70. The number of hydrogen-bond donors (Lipinski definition) is 1. The van der Waals surface area contributed by atoms with E-state index in [-0.39, 0.29) is 17.4 Å². The van der Waals surface area contributed by atoms with Gasteiger partial charge in [-0.2, -0.15) is 5.10 Å². The molecule has 7 nitrogen and oxygen atoms in total. The first kappa shape index (κ1) is 18.0. The molecule has 3 unspecified atom stereocenters. The summed E-state index contributed by atoms with van der Waals surface area (Å²) in [7, 11) is 1.88. The number of aryl methyl sites for hydroxylation is 1. The summed E-state index contributed by atoms with van der Waals surface area (Å²) in [6.07, 6.45) is 3.40. The third-order valence-electron chi connectivity index (χ3n) is 7.29. The maximum atomic E-state index is 13.4. The van der Waals surface area contributed by atoms with Crippen molar-refractivity contribution in [3.8, 4) is 0 Å². The van der Waals surface area contributed by atoms with E-state index in [9.17, 15) is 4.79 Å². The van der Waals surface area contributed by atoms with Gasteiger partial charge in [0.15, 0.2) is 0 Å². The van der Waals surface area contributed by atoms with Crippen LogP contribution in [-0.2, 0) is 12.5 Å². The summed E-state index contributed by atoms with van der Waals surface area (Å²) in [5, 5.41) is 7.70. The van der Waals surface area contributed by atoms with Gasteiger partial charge in [-0.3, -0.25) is 14.5 Å². The number of amides is 1. The smallest absolute Gasteiger partial charge is 0.253 e. The minimum Gasteiger partial charge on any atom is -0.348 e. The molecule has 6 heterocycles. The van der Waals surface area contributed by atoms with Crippen LogP contribution in [0.25, 0.3) is 11.0 Å². The molecule has 0 radical (unpaired) electrons. The van der Waals surface area contributed by atoms with Crippen molar-refractivity contribution in [1.82, 2.24) is 29.9 Å². The van der Waals surface area contributed by atoms with Gasteiger partial charge < -0.3 is 15.1 Å². The van der Waals surface area contributed by atoms with Crippen molar-refractivity contribution < 1.29 is 4.79 Å². The normalized spacial score (nSPS) is 32.3. The molecule has 2 aromatic heterocycles. The minimum absolute atomic E-state index is 0.0398. The molecule has 0 saturated carbocycles. The van der Waals surface area contributed by atoms with E-state index >= 15 is 0 Å². The summed E-state index contributed by atoms with van der Waals surface area (Å²) in [6, 6.07) is 12.8. The topological polar surface area (TPSA) is 66.3 Å². The molecule has 154 valence electrons. The zero-order valence-corrected chi connectivity index (χ0v) is 17.2. The second-order valence-electron chi connectivity index (χ2n) is 9.10. The van der Waals surface area contributed by atoms with Crippen LogP contribution < -0.4 is 5.32 Å². The van der Waals surface area contributed by atoms with Crippen molar-refractivity contribution in [3.05, 3.63) is 59.9 Å². The Hall–Kier alpha value is -2.77. The summed E-state index contributed by atoms with van der Waals surface area (Å²) < 4.78 is 1.76. The lowest BCUT2D eigenvalue weighted by molar-refractivity contribution is 0.0180. The maximum absolute atomic E-state index is 13.4. The van der Waals surface area contributed by atoms with Crippen LogP contribution in [0.3, 0.4) is 0 Å². The number of aromatic nitrogens is 3. The first-order valence-corrected chi connectivity index (χ1v) is 10.7. The molecule has 0 aliphatic carbocycles. The van der Waals surface area contributed by atoms with E-state index in [1.165, 1.54) is 5.56 Å². The van der Waals surface area contributed by atoms with Gasteiger partial charge in [0.1, 0.15) is 5.52 Å². The molecule has 3 atom stereocenters. The highest BCUT2D eigenvalue weighted by molar-refractivity contribution is 5.97. The summed E-state index contributed by atoms with van der Waals surface area (Å²) in [5.41, 5.74) is 3.53. The molecule has 4 bridgehead atoms. The van der Waals surface area contributed by atoms with Crippen molar-refractivity contribution >= 4 is 16.9 Å². The van der Waals surface area contributed by atoms with Crippen molar-refractivity contribution in [2.24, 2.45) is 13.0 Å². The number of nitrogens with zero attached hydrogens (tertiary/aromatic N) is 5. The van der Waals surface area contributed by atoms with E-state index in [1.807, 2.05) is 13.1 Å². The molecule has 1 N–H and O–H groups in total. The lowest BCUT2D eigenvalue weighted by Gasteiger charge is -2.55. The van der Waals surface area contributed by atoms with E-state index in [4.69, 9.17) is 0 Å². The second kappa shape index (κ2) is 6.62. The van der Waals surface area contributed by atoms with E-state index in [0.29, 0.717) is 11.5 Å². The molecule has 7 rings (SSSR count). The zero-order valence-electron chi connectivity index (χ0n) is 17.2. The Morgan fingerprint density at radius 1 is 1.10 bits per heavy atom. The Morgan fingerprint density at radius 3 is 2.57 bits per heavy atom. The van der Waals surface area contributed by atoms with Gasteiger partial charge in [0.05, 0.1) is 17.3 Å². The largest absolute Gasteiger partial charge is 0.348 e. The SMILES string of the molecule is Cn1ncc2ncc(C(=O)NC3C4CN5CCN(C4)CC3(c3ccccc3)C5)cc21. The summed E-state index contributed by atoms with van der Waals surface area (Å²) in [6.45, 7) is 6.33.